The van der Waals surface area contributed by atoms with E-state index in [0.717, 1.165) is 12.1 Å². The van der Waals surface area contributed by atoms with Crippen molar-refractivity contribution in [1.82, 2.24) is 14.8 Å². The fourth-order valence-corrected chi connectivity index (χ4v) is 3.77. The first-order valence-electron chi connectivity index (χ1n) is 10.4. The number of pyridine rings is 1. The maximum absolute atomic E-state index is 14.2. The minimum atomic E-state index is -5.79. The number of nitrogens with zero attached hydrogens (tertiary/aromatic N) is 2. The van der Waals surface area contributed by atoms with E-state index in [1.807, 2.05) is 6.92 Å². The van der Waals surface area contributed by atoms with E-state index < -0.39 is 28.8 Å². The Bertz CT molecular complexity index is 1190. The van der Waals surface area contributed by atoms with Crippen LogP contribution < -0.4 is 15.6 Å². The fraction of sp³-hybridized carbons (Fsp3) is 0.391. The van der Waals surface area contributed by atoms with Gasteiger partial charge in [-0.15, -0.1) is 0 Å². The van der Waals surface area contributed by atoms with Crippen molar-refractivity contribution in [2.24, 2.45) is 0 Å². The molecule has 1 aliphatic rings. The highest BCUT2D eigenvalue weighted by atomic mass is 32.1. The first kappa shape index (κ1) is 25.7. The summed E-state index contributed by atoms with van der Waals surface area (Å²) in [5.41, 5.74) is -2.23. The zero-order valence-electron chi connectivity index (χ0n) is 19.0. The quantitative estimate of drug-likeness (QED) is 0.473. The van der Waals surface area contributed by atoms with Gasteiger partial charge in [0.05, 0.1) is 5.70 Å². The van der Waals surface area contributed by atoms with Crippen molar-refractivity contribution in [3.63, 3.8) is 0 Å². The lowest BCUT2D eigenvalue weighted by atomic mass is 9.88. The predicted molar refractivity (Wildman–Crippen MR) is 123 cm³/mol. The third kappa shape index (κ3) is 4.66. The van der Waals surface area contributed by atoms with Crippen molar-refractivity contribution in [2.45, 2.75) is 38.5 Å². The Morgan fingerprint density at radius 1 is 1.18 bits per heavy atom. The van der Waals surface area contributed by atoms with E-state index in [-0.39, 0.29) is 23.6 Å². The van der Waals surface area contributed by atoms with Crippen molar-refractivity contribution in [2.75, 3.05) is 20.1 Å². The third-order valence-electron chi connectivity index (χ3n) is 5.63. The molecule has 184 valence electrons. The summed E-state index contributed by atoms with van der Waals surface area (Å²) < 4.78 is 74.8. The zero-order valence-corrected chi connectivity index (χ0v) is 19.8. The average molecular weight is 502 g/mol. The van der Waals surface area contributed by atoms with Gasteiger partial charge in [-0.1, -0.05) is 6.07 Å². The van der Waals surface area contributed by atoms with Gasteiger partial charge < -0.3 is 15.0 Å². The molecule has 0 saturated carbocycles. The lowest BCUT2D eigenvalue weighted by molar-refractivity contribution is -0.289. The Labute approximate surface area is 198 Å². The van der Waals surface area contributed by atoms with Crippen molar-refractivity contribution in [3.8, 4) is 5.75 Å². The Balaban J connectivity index is 2.27. The highest BCUT2D eigenvalue weighted by molar-refractivity contribution is 7.80. The second-order valence-electron chi connectivity index (χ2n) is 8.30. The van der Waals surface area contributed by atoms with Crippen molar-refractivity contribution < 1.29 is 26.7 Å². The van der Waals surface area contributed by atoms with Gasteiger partial charge in [-0.05, 0) is 57.3 Å². The Morgan fingerprint density at radius 2 is 1.85 bits per heavy atom. The number of fused-ring (bicyclic) bond motifs is 1. The first-order chi connectivity index (χ1) is 15.7. The summed E-state index contributed by atoms with van der Waals surface area (Å²) in [6.07, 6.45) is -4.36. The molecule has 0 bridgehead atoms. The smallest absolute Gasteiger partial charge is 0.458 e. The first-order valence-corrected chi connectivity index (χ1v) is 10.8. The van der Waals surface area contributed by atoms with Crippen LogP contribution in [0.15, 0.2) is 53.0 Å². The predicted octanol–water partition coefficient (Wildman–Crippen LogP) is 4.76. The number of aromatic nitrogens is 1. The van der Waals surface area contributed by atoms with E-state index in [4.69, 9.17) is 17.0 Å². The van der Waals surface area contributed by atoms with Gasteiger partial charge in [-0.3, -0.25) is 9.36 Å². The summed E-state index contributed by atoms with van der Waals surface area (Å²) >= 11 is 5.35. The van der Waals surface area contributed by atoms with Gasteiger partial charge in [-0.25, -0.2) is 0 Å². The molecular weight excluding hydrogens is 477 g/mol. The standard InChI is InChI=1S/C23H24F5N3O2S/c1-5-30(4)20(34)29-13-16-19(31-11-7-6-8-18(31)32)15-12-14(22(24,25)23(26,27)28)9-10-17(15)33-21(16,2)3/h6-12H,5,13H2,1-4H3,(H,29,34). The molecule has 0 unspecified atom stereocenters. The molecule has 2 heterocycles. The number of rotatable bonds is 5. The number of alkyl halides is 5. The molecular formula is C23H24F5N3O2S. The molecule has 0 radical (unpaired) electrons. The number of halogens is 5. The molecule has 0 aliphatic carbocycles. The van der Waals surface area contributed by atoms with Gasteiger partial charge in [0.25, 0.3) is 5.56 Å². The molecule has 1 aromatic carbocycles. The van der Waals surface area contributed by atoms with Crippen LogP contribution in [0.2, 0.25) is 0 Å². The molecule has 11 heteroatoms. The molecule has 1 aromatic heterocycles. The largest absolute Gasteiger partial charge is 0.483 e. The van der Waals surface area contributed by atoms with Crippen molar-refractivity contribution in [3.05, 3.63) is 69.6 Å². The van der Waals surface area contributed by atoms with E-state index >= 15 is 0 Å². The fourth-order valence-electron chi connectivity index (χ4n) is 3.57. The monoisotopic (exact) mass is 501 g/mol. The minimum Gasteiger partial charge on any atom is -0.483 e. The van der Waals surface area contributed by atoms with E-state index in [1.165, 1.54) is 22.9 Å². The van der Waals surface area contributed by atoms with Crippen LogP contribution in [-0.4, -0.2) is 46.5 Å². The van der Waals surface area contributed by atoms with Crippen LogP contribution in [0.4, 0.5) is 22.0 Å². The number of benzene rings is 1. The Morgan fingerprint density at radius 3 is 2.44 bits per heavy atom. The highest BCUT2D eigenvalue weighted by Gasteiger charge is 2.59. The van der Waals surface area contributed by atoms with E-state index in [0.29, 0.717) is 23.3 Å². The topological polar surface area (TPSA) is 46.5 Å². The van der Waals surface area contributed by atoms with Crippen LogP contribution in [0.3, 0.4) is 0 Å². The molecule has 2 aromatic rings. The van der Waals surface area contributed by atoms with E-state index in [1.54, 1.807) is 31.9 Å². The molecule has 0 spiro atoms. The maximum atomic E-state index is 14.2. The second-order valence-corrected chi connectivity index (χ2v) is 8.69. The van der Waals surface area contributed by atoms with Gasteiger partial charge in [0, 0.05) is 49.1 Å². The summed E-state index contributed by atoms with van der Waals surface area (Å²) in [7, 11) is 1.77. The van der Waals surface area contributed by atoms with Gasteiger partial charge in [-0.2, -0.15) is 22.0 Å². The highest BCUT2D eigenvalue weighted by Crippen LogP contribution is 2.47. The van der Waals surface area contributed by atoms with E-state index in [9.17, 15) is 26.7 Å². The van der Waals surface area contributed by atoms with Gasteiger partial charge in [0.2, 0.25) is 0 Å². The SMILES string of the molecule is CCN(C)C(=S)NCC1=C(n2ccccc2=O)c2cc(C(F)(F)C(F)(F)F)ccc2OC1(C)C. The molecule has 1 N–H and O–H groups in total. The number of hydrogen-bond acceptors (Lipinski definition) is 3. The number of ether oxygens (including phenoxy) is 1. The molecule has 34 heavy (non-hydrogen) atoms. The molecule has 1 aliphatic heterocycles. The molecule has 0 saturated heterocycles. The molecule has 5 nitrogen and oxygen atoms in total. The third-order valence-corrected chi connectivity index (χ3v) is 6.09. The van der Waals surface area contributed by atoms with Crippen LogP contribution in [0, 0.1) is 0 Å². The van der Waals surface area contributed by atoms with Crippen LogP contribution >= 0.6 is 12.2 Å². The van der Waals surface area contributed by atoms with Crippen LogP contribution in [0.25, 0.3) is 5.70 Å². The summed E-state index contributed by atoms with van der Waals surface area (Å²) in [6.45, 7) is 6.01. The van der Waals surface area contributed by atoms with Gasteiger partial charge in [0.1, 0.15) is 11.4 Å². The second kappa shape index (κ2) is 9.01. The summed E-state index contributed by atoms with van der Waals surface area (Å²) in [5.74, 6) is -5.01. The minimum absolute atomic E-state index is 0.0550. The van der Waals surface area contributed by atoms with Crippen LogP contribution in [-0.2, 0) is 5.92 Å². The normalized spacial score (nSPS) is 15.4. The van der Waals surface area contributed by atoms with Crippen molar-refractivity contribution >= 4 is 23.0 Å². The zero-order chi connectivity index (χ0) is 25.5. The summed E-state index contributed by atoms with van der Waals surface area (Å²) in [5, 5.41) is 3.45. The van der Waals surface area contributed by atoms with Crippen LogP contribution in [0.5, 0.6) is 5.75 Å². The van der Waals surface area contributed by atoms with Gasteiger partial charge in [0.15, 0.2) is 5.11 Å². The van der Waals surface area contributed by atoms with Crippen molar-refractivity contribution in [1.29, 1.82) is 0 Å². The maximum Gasteiger partial charge on any atom is 0.458 e. The van der Waals surface area contributed by atoms with E-state index in [2.05, 4.69) is 5.32 Å². The Kier molecular flexibility index (Phi) is 6.80. The lowest BCUT2D eigenvalue weighted by Crippen LogP contribution is -2.45. The van der Waals surface area contributed by atoms with Crippen LogP contribution in [0.1, 0.15) is 31.9 Å². The van der Waals surface area contributed by atoms with Gasteiger partial charge >= 0.3 is 12.1 Å². The lowest BCUT2D eigenvalue weighted by Gasteiger charge is -2.38. The summed E-state index contributed by atoms with van der Waals surface area (Å²) in [4.78, 5) is 14.5. The molecule has 0 atom stereocenters. The number of nitrogens with one attached hydrogen (secondary N) is 1. The number of thiocarbonyl (C=S) groups is 1. The molecule has 0 amide bonds. The number of hydrogen-bond donors (Lipinski definition) is 1. The summed E-state index contributed by atoms with van der Waals surface area (Å²) in [6, 6.07) is 6.81. The average Bonchev–Trinajstić information content (AvgIpc) is 2.75. The molecule has 0 fully saturated rings. The Hall–Kier alpha value is -2.95. The molecule has 3 rings (SSSR count).